The molecule has 0 radical (unpaired) electrons. The largest absolute Gasteiger partial charge is 0.332 e. The Morgan fingerprint density at radius 3 is 2.35 bits per heavy atom. The third-order valence-corrected chi connectivity index (χ3v) is 4.89. The van der Waals surface area contributed by atoms with E-state index in [2.05, 4.69) is 39.6 Å². The van der Waals surface area contributed by atoms with Crippen molar-refractivity contribution >= 4 is 22.8 Å². The highest BCUT2D eigenvalue weighted by molar-refractivity contribution is 5.93. The third-order valence-electron chi connectivity index (χ3n) is 4.89. The summed E-state index contributed by atoms with van der Waals surface area (Å²) in [7, 11) is 3.15. The van der Waals surface area contributed by atoms with E-state index in [1.807, 2.05) is 9.58 Å². The van der Waals surface area contributed by atoms with E-state index >= 15 is 0 Å². The van der Waals surface area contributed by atoms with Crippen LogP contribution in [0.4, 0.5) is 5.95 Å². The maximum Gasteiger partial charge on any atom is 0.332 e. The van der Waals surface area contributed by atoms with Crippen LogP contribution >= 0.6 is 0 Å². The van der Waals surface area contributed by atoms with E-state index in [1.165, 1.54) is 11.6 Å². The monoisotopic (exact) mass is 360 g/mol. The zero-order chi connectivity index (χ0) is 19.4. The molecule has 26 heavy (non-hydrogen) atoms. The van der Waals surface area contributed by atoms with Crippen LogP contribution in [-0.4, -0.2) is 30.9 Å². The number of imidazole rings is 1. The Kier molecular flexibility index (Phi) is 4.32. The molecule has 0 aliphatic carbocycles. The average molecular weight is 360 g/mol. The summed E-state index contributed by atoms with van der Waals surface area (Å²) in [6, 6.07) is 0. The predicted octanol–water partition coefficient (Wildman–Crippen LogP) is 1.70. The predicted molar refractivity (Wildman–Crippen MR) is 104 cm³/mol. The Hall–Kier alpha value is -2.38. The highest BCUT2D eigenvalue weighted by Crippen LogP contribution is 2.29. The molecule has 3 heterocycles. The SMILES string of the molecule is CC(C)CCN1N=C(C(C)(C)C)Cn2c1nc1c2c(=O)n(C)c(=O)n1C. The quantitative estimate of drug-likeness (QED) is 0.835. The fraction of sp³-hybridized carbons (Fsp3) is 0.667. The zero-order valence-corrected chi connectivity index (χ0v) is 16.7. The number of anilines is 1. The molecule has 8 heteroatoms. The maximum absolute atomic E-state index is 12.8. The summed E-state index contributed by atoms with van der Waals surface area (Å²) in [5.74, 6) is 1.16. The number of rotatable bonds is 3. The lowest BCUT2D eigenvalue weighted by Crippen LogP contribution is -2.39. The first-order valence-electron chi connectivity index (χ1n) is 9.04. The van der Waals surface area contributed by atoms with Gasteiger partial charge in [-0.15, -0.1) is 0 Å². The summed E-state index contributed by atoms with van der Waals surface area (Å²) in [5, 5.41) is 6.72. The number of fused-ring (bicyclic) bond motifs is 3. The van der Waals surface area contributed by atoms with Crippen LogP contribution in [-0.2, 0) is 20.6 Å². The lowest BCUT2D eigenvalue weighted by Gasteiger charge is -2.31. The molecule has 1 aliphatic rings. The first kappa shape index (κ1) is 18.4. The Morgan fingerprint density at radius 1 is 1.12 bits per heavy atom. The lowest BCUT2D eigenvalue weighted by atomic mass is 9.89. The fourth-order valence-corrected chi connectivity index (χ4v) is 3.07. The fourth-order valence-electron chi connectivity index (χ4n) is 3.07. The number of nitrogens with zero attached hydrogens (tertiary/aromatic N) is 6. The van der Waals surface area contributed by atoms with Gasteiger partial charge in [-0.05, 0) is 12.3 Å². The lowest BCUT2D eigenvalue weighted by molar-refractivity contribution is 0.531. The summed E-state index contributed by atoms with van der Waals surface area (Å²) in [6.45, 7) is 11.9. The first-order chi connectivity index (χ1) is 12.0. The van der Waals surface area contributed by atoms with E-state index < -0.39 is 0 Å². The van der Waals surface area contributed by atoms with Crippen molar-refractivity contribution in [2.75, 3.05) is 11.6 Å². The molecular weight excluding hydrogens is 332 g/mol. The van der Waals surface area contributed by atoms with E-state index in [-0.39, 0.29) is 16.7 Å². The first-order valence-corrected chi connectivity index (χ1v) is 9.04. The van der Waals surface area contributed by atoms with Crippen LogP contribution in [0.25, 0.3) is 11.2 Å². The molecule has 3 rings (SSSR count). The van der Waals surface area contributed by atoms with Crippen LogP contribution in [0.3, 0.4) is 0 Å². The van der Waals surface area contributed by atoms with Gasteiger partial charge < -0.3 is 0 Å². The topological polar surface area (TPSA) is 77.4 Å². The van der Waals surface area contributed by atoms with E-state index in [4.69, 9.17) is 5.10 Å². The van der Waals surface area contributed by atoms with Crippen LogP contribution in [0.5, 0.6) is 0 Å². The summed E-state index contributed by atoms with van der Waals surface area (Å²) in [6.07, 6.45) is 0.959. The van der Waals surface area contributed by atoms with Crippen molar-refractivity contribution in [3.63, 3.8) is 0 Å². The van der Waals surface area contributed by atoms with Gasteiger partial charge in [-0.3, -0.25) is 18.5 Å². The van der Waals surface area contributed by atoms with Gasteiger partial charge >= 0.3 is 5.69 Å². The Balaban J connectivity index is 2.27. The number of hydrogen-bond donors (Lipinski definition) is 0. The summed E-state index contributed by atoms with van der Waals surface area (Å²) in [4.78, 5) is 29.7. The molecule has 0 amide bonds. The standard InChI is InChI=1S/C18H28N6O2/c1-11(2)8-9-24-16-19-14-13(15(25)22(7)17(26)21(14)6)23(16)10-12(20-24)18(3,4)5/h11H,8-10H2,1-7H3. The summed E-state index contributed by atoms with van der Waals surface area (Å²) >= 11 is 0. The second kappa shape index (κ2) is 6.10. The van der Waals surface area contributed by atoms with Crippen LogP contribution in [0.1, 0.15) is 41.0 Å². The van der Waals surface area contributed by atoms with Crippen molar-refractivity contribution in [3.05, 3.63) is 20.8 Å². The van der Waals surface area contributed by atoms with E-state index in [0.29, 0.717) is 29.6 Å². The molecule has 0 unspecified atom stereocenters. The van der Waals surface area contributed by atoms with E-state index in [0.717, 1.165) is 23.2 Å². The van der Waals surface area contributed by atoms with Gasteiger partial charge in [-0.2, -0.15) is 10.1 Å². The number of aromatic nitrogens is 4. The minimum absolute atomic E-state index is 0.129. The van der Waals surface area contributed by atoms with Gasteiger partial charge in [-0.1, -0.05) is 34.6 Å². The molecule has 0 N–H and O–H groups in total. The summed E-state index contributed by atoms with van der Waals surface area (Å²) < 4.78 is 4.47. The third kappa shape index (κ3) is 2.87. The highest BCUT2D eigenvalue weighted by Gasteiger charge is 2.31. The second-order valence-corrected chi connectivity index (χ2v) is 8.48. The van der Waals surface area contributed by atoms with Crippen molar-refractivity contribution in [2.45, 2.75) is 47.6 Å². The molecule has 0 atom stereocenters. The van der Waals surface area contributed by atoms with Gasteiger partial charge in [0.2, 0.25) is 5.95 Å². The van der Waals surface area contributed by atoms with Gasteiger partial charge in [0.25, 0.3) is 5.56 Å². The molecule has 0 spiro atoms. The minimum atomic E-state index is -0.372. The van der Waals surface area contributed by atoms with E-state index in [1.54, 1.807) is 7.05 Å². The molecule has 0 saturated carbocycles. The van der Waals surface area contributed by atoms with Gasteiger partial charge in [0.05, 0.1) is 12.3 Å². The molecule has 1 aliphatic heterocycles. The van der Waals surface area contributed by atoms with Crippen LogP contribution in [0.15, 0.2) is 14.7 Å². The number of hydrogen-bond acceptors (Lipinski definition) is 5. The normalized spacial score (nSPS) is 14.9. The molecule has 0 bridgehead atoms. The Bertz CT molecular complexity index is 1000. The van der Waals surface area contributed by atoms with Crippen molar-refractivity contribution in [3.8, 4) is 0 Å². The molecule has 0 aromatic carbocycles. The zero-order valence-electron chi connectivity index (χ0n) is 16.7. The van der Waals surface area contributed by atoms with Gasteiger partial charge in [0.1, 0.15) is 0 Å². The van der Waals surface area contributed by atoms with Crippen LogP contribution < -0.4 is 16.3 Å². The summed E-state index contributed by atoms with van der Waals surface area (Å²) in [5.41, 5.74) is 1.04. The Morgan fingerprint density at radius 2 is 1.77 bits per heavy atom. The molecule has 0 fully saturated rings. The minimum Gasteiger partial charge on any atom is -0.297 e. The van der Waals surface area contributed by atoms with Gasteiger partial charge in [-0.25, -0.2) is 9.80 Å². The molecule has 8 nitrogen and oxygen atoms in total. The number of hydrazone groups is 1. The van der Waals surface area contributed by atoms with Crippen molar-refractivity contribution in [1.82, 2.24) is 18.7 Å². The average Bonchev–Trinajstić information content (AvgIpc) is 2.94. The van der Waals surface area contributed by atoms with Crippen molar-refractivity contribution in [2.24, 2.45) is 30.5 Å². The molecule has 142 valence electrons. The van der Waals surface area contributed by atoms with E-state index in [9.17, 15) is 9.59 Å². The Labute approximate surface area is 152 Å². The molecule has 2 aromatic rings. The smallest absolute Gasteiger partial charge is 0.297 e. The second-order valence-electron chi connectivity index (χ2n) is 8.48. The van der Waals surface area contributed by atoms with Gasteiger partial charge in [0.15, 0.2) is 11.2 Å². The number of aryl methyl sites for hydroxylation is 1. The van der Waals surface area contributed by atoms with Crippen LogP contribution in [0, 0.1) is 11.3 Å². The maximum atomic E-state index is 12.8. The van der Waals surface area contributed by atoms with Crippen molar-refractivity contribution < 1.29 is 0 Å². The van der Waals surface area contributed by atoms with Gasteiger partial charge in [0, 0.05) is 26.1 Å². The van der Waals surface area contributed by atoms with Crippen molar-refractivity contribution in [1.29, 1.82) is 0 Å². The molecule has 2 aromatic heterocycles. The molecule has 0 saturated heterocycles. The van der Waals surface area contributed by atoms with Crippen LogP contribution in [0.2, 0.25) is 0 Å². The highest BCUT2D eigenvalue weighted by atomic mass is 16.2. The molecular formula is C18H28N6O2.